The quantitative estimate of drug-likeness (QED) is 0.410. The van der Waals surface area contributed by atoms with Crippen molar-refractivity contribution in [1.82, 2.24) is 9.97 Å². The summed E-state index contributed by atoms with van der Waals surface area (Å²) in [7, 11) is 0. The summed E-state index contributed by atoms with van der Waals surface area (Å²) in [6.07, 6.45) is 3.51. The fourth-order valence-electron chi connectivity index (χ4n) is 4.33. The molecule has 3 heterocycles. The molecule has 35 heavy (non-hydrogen) atoms. The number of allylic oxidation sites excluding steroid dienone is 1. The molecule has 180 valence electrons. The molecule has 2 atom stereocenters. The van der Waals surface area contributed by atoms with Crippen molar-refractivity contribution in [3.05, 3.63) is 71.0 Å². The Balaban J connectivity index is 1.79. The number of benzene rings is 1. The van der Waals surface area contributed by atoms with E-state index >= 15 is 0 Å². The molecule has 0 saturated carbocycles. The Labute approximate surface area is 208 Å². The van der Waals surface area contributed by atoms with Crippen molar-refractivity contribution in [1.29, 1.82) is 0 Å². The molecule has 8 heteroatoms. The molecule has 1 aliphatic heterocycles. The number of rotatable bonds is 7. The Morgan fingerprint density at radius 2 is 1.80 bits per heavy atom. The summed E-state index contributed by atoms with van der Waals surface area (Å²) in [5.41, 5.74) is 5.01. The van der Waals surface area contributed by atoms with Gasteiger partial charge < -0.3 is 9.47 Å². The molecule has 7 nitrogen and oxygen atoms in total. The number of carbonyl (C=O) groups excluding carboxylic acids is 2. The lowest BCUT2D eigenvalue weighted by Gasteiger charge is -2.31. The second-order valence-corrected chi connectivity index (χ2v) is 8.94. The SMILES string of the molecule is CCOC(=O)C1=C(C)N=C(C)C(C(=O)OCC)C1c1cccc(-c2nc(-c3cccnc3)cs2)c1. The molecule has 2 aromatic heterocycles. The summed E-state index contributed by atoms with van der Waals surface area (Å²) in [6.45, 7) is 7.55. The van der Waals surface area contributed by atoms with Crippen molar-refractivity contribution < 1.29 is 19.1 Å². The van der Waals surface area contributed by atoms with Gasteiger partial charge in [-0.1, -0.05) is 18.2 Å². The van der Waals surface area contributed by atoms with Crippen molar-refractivity contribution in [2.75, 3.05) is 13.2 Å². The molecule has 1 aromatic carbocycles. The van der Waals surface area contributed by atoms with Crippen LogP contribution >= 0.6 is 11.3 Å². The molecule has 0 radical (unpaired) electrons. The Morgan fingerprint density at radius 1 is 1.03 bits per heavy atom. The Morgan fingerprint density at radius 3 is 2.51 bits per heavy atom. The molecule has 0 aliphatic carbocycles. The fraction of sp³-hybridized carbons (Fsp3) is 0.296. The Hall–Kier alpha value is -3.65. The summed E-state index contributed by atoms with van der Waals surface area (Å²) >= 11 is 1.53. The number of esters is 2. The van der Waals surface area contributed by atoms with E-state index in [1.807, 2.05) is 41.8 Å². The normalized spacial score (nSPS) is 17.7. The molecular weight excluding hydrogens is 462 g/mol. The molecule has 0 N–H and O–H groups in total. The fourth-order valence-corrected chi connectivity index (χ4v) is 5.15. The van der Waals surface area contributed by atoms with Crippen molar-refractivity contribution in [3.63, 3.8) is 0 Å². The van der Waals surface area contributed by atoms with E-state index in [4.69, 9.17) is 14.5 Å². The van der Waals surface area contributed by atoms with Crippen LogP contribution in [0.25, 0.3) is 21.8 Å². The number of hydrogen-bond donors (Lipinski definition) is 0. The highest BCUT2D eigenvalue weighted by Crippen LogP contribution is 2.41. The van der Waals surface area contributed by atoms with Gasteiger partial charge in [0.2, 0.25) is 0 Å². The highest BCUT2D eigenvalue weighted by molar-refractivity contribution is 7.13. The molecule has 0 spiro atoms. The van der Waals surface area contributed by atoms with Gasteiger partial charge in [-0.25, -0.2) is 9.78 Å². The van der Waals surface area contributed by atoms with Gasteiger partial charge in [-0.3, -0.25) is 14.8 Å². The second kappa shape index (κ2) is 10.7. The minimum absolute atomic E-state index is 0.228. The number of aliphatic imine (C=N–C) groups is 1. The first-order valence-corrected chi connectivity index (χ1v) is 12.4. The lowest BCUT2D eigenvalue weighted by Crippen LogP contribution is -2.36. The number of pyridine rings is 1. The Bertz CT molecular complexity index is 1300. The summed E-state index contributed by atoms with van der Waals surface area (Å²) < 4.78 is 10.7. The molecule has 3 aromatic rings. The van der Waals surface area contributed by atoms with Gasteiger partial charge in [0.05, 0.1) is 24.5 Å². The van der Waals surface area contributed by atoms with E-state index in [0.29, 0.717) is 17.0 Å². The highest BCUT2D eigenvalue weighted by atomic mass is 32.1. The van der Waals surface area contributed by atoms with Gasteiger partial charge >= 0.3 is 11.9 Å². The minimum atomic E-state index is -0.726. The van der Waals surface area contributed by atoms with Gasteiger partial charge in [-0.15, -0.1) is 11.3 Å². The zero-order chi connectivity index (χ0) is 24.9. The first-order valence-electron chi connectivity index (χ1n) is 11.5. The molecule has 2 unspecified atom stereocenters. The number of nitrogens with zero attached hydrogens (tertiary/aromatic N) is 3. The van der Waals surface area contributed by atoms with Gasteiger partial charge in [-0.2, -0.15) is 0 Å². The van der Waals surface area contributed by atoms with Gasteiger partial charge in [0.25, 0.3) is 0 Å². The summed E-state index contributed by atoms with van der Waals surface area (Å²) in [5.74, 6) is -2.19. The first kappa shape index (κ1) is 24.5. The van der Waals surface area contributed by atoms with E-state index in [-0.39, 0.29) is 13.2 Å². The van der Waals surface area contributed by atoms with Gasteiger partial charge in [0.15, 0.2) is 0 Å². The smallest absolute Gasteiger partial charge is 0.336 e. The van der Waals surface area contributed by atoms with Crippen LogP contribution in [0, 0.1) is 5.92 Å². The maximum absolute atomic E-state index is 13.0. The standard InChI is InChI=1S/C27H27N3O4S/c1-5-33-26(31)22-16(3)29-17(4)23(27(32)34-6-2)24(22)18-9-7-10-19(13-18)25-30-21(15-35-25)20-11-8-12-28-14-20/h7-15,22,24H,5-6H2,1-4H3. The highest BCUT2D eigenvalue weighted by Gasteiger charge is 2.42. The molecule has 0 amide bonds. The molecule has 0 fully saturated rings. The van der Waals surface area contributed by atoms with Crippen molar-refractivity contribution >= 4 is 29.0 Å². The molecule has 4 rings (SSSR count). The van der Waals surface area contributed by atoms with E-state index in [1.54, 1.807) is 40.1 Å². The van der Waals surface area contributed by atoms with Crippen LogP contribution in [0.1, 0.15) is 39.2 Å². The molecular formula is C27H27N3O4S. The van der Waals surface area contributed by atoms with Crippen molar-refractivity contribution in [2.45, 2.75) is 33.6 Å². The summed E-state index contributed by atoms with van der Waals surface area (Å²) in [5, 5.41) is 2.82. The van der Waals surface area contributed by atoms with Crippen LogP contribution in [0.4, 0.5) is 0 Å². The second-order valence-electron chi connectivity index (χ2n) is 8.09. The lowest BCUT2D eigenvalue weighted by molar-refractivity contribution is -0.146. The number of hydrogen-bond acceptors (Lipinski definition) is 8. The Kier molecular flexibility index (Phi) is 7.51. The topological polar surface area (TPSA) is 90.7 Å². The van der Waals surface area contributed by atoms with Gasteiger partial charge in [-0.05, 0) is 51.5 Å². The van der Waals surface area contributed by atoms with Crippen molar-refractivity contribution in [3.8, 4) is 21.8 Å². The van der Waals surface area contributed by atoms with E-state index < -0.39 is 23.8 Å². The average Bonchev–Trinajstić information content (AvgIpc) is 3.35. The zero-order valence-electron chi connectivity index (χ0n) is 20.1. The summed E-state index contributed by atoms with van der Waals surface area (Å²) in [6, 6.07) is 11.6. The largest absolute Gasteiger partial charge is 0.465 e. The third-order valence-electron chi connectivity index (χ3n) is 5.82. The third-order valence-corrected chi connectivity index (χ3v) is 6.71. The number of carbonyl (C=O) groups is 2. The third kappa shape index (κ3) is 5.07. The number of aromatic nitrogens is 2. The molecule has 1 aliphatic rings. The minimum Gasteiger partial charge on any atom is -0.465 e. The van der Waals surface area contributed by atoms with Crippen LogP contribution in [0.15, 0.2) is 70.4 Å². The maximum atomic E-state index is 13.0. The van der Waals surface area contributed by atoms with Crippen LogP contribution in [0.5, 0.6) is 0 Å². The van der Waals surface area contributed by atoms with Crippen LogP contribution in [0.2, 0.25) is 0 Å². The van der Waals surface area contributed by atoms with E-state index in [0.717, 1.165) is 27.4 Å². The predicted molar refractivity (Wildman–Crippen MR) is 136 cm³/mol. The number of ether oxygens (including phenoxy) is 2. The summed E-state index contributed by atoms with van der Waals surface area (Å²) in [4.78, 5) is 39.6. The van der Waals surface area contributed by atoms with Crippen LogP contribution in [0.3, 0.4) is 0 Å². The monoisotopic (exact) mass is 489 g/mol. The van der Waals surface area contributed by atoms with Gasteiger partial charge in [0.1, 0.15) is 10.9 Å². The van der Waals surface area contributed by atoms with E-state index in [9.17, 15) is 9.59 Å². The zero-order valence-corrected chi connectivity index (χ0v) is 21.0. The van der Waals surface area contributed by atoms with Crippen LogP contribution in [-0.2, 0) is 19.1 Å². The van der Waals surface area contributed by atoms with E-state index in [2.05, 4.69) is 9.98 Å². The van der Waals surface area contributed by atoms with Crippen molar-refractivity contribution in [2.24, 2.45) is 10.9 Å². The average molecular weight is 490 g/mol. The van der Waals surface area contributed by atoms with Crippen LogP contribution < -0.4 is 0 Å². The maximum Gasteiger partial charge on any atom is 0.336 e. The number of thiazole rings is 1. The molecule has 0 saturated heterocycles. The molecule has 0 bridgehead atoms. The van der Waals surface area contributed by atoms with Crippen LogP contribution in [-0.4, -0.2) is 40.8 Å². The first-order chi connectivity index (χ1) is 16.9. The van der Waals surface area contributed by atoms with E-state index in [1.165, 1.54) is 11.3 Å². The predicted octanol–water partition coefficient (Wildman–Crippen LogP) is 5.45. The lowest BCUT2D eigenvalue weighted by atomic mass is 9.75. The van der Waals surface area contributed by atoms with Gasteiger partial charge in [0, 0.05) is 46.2 Å².